The van der Waals surface area contributed by atoms with Gasteiger partial charge in [0.05, 0.1) is 0 Å². The van der Waals surface area contributed by atoms with E-state index in [1.165, 1.54) is 49.9 Å². The van der Waals surface area contributed by atoms with Gasteiger partial charge in [0.25, 0.3) is 0 Å². The smallest absolute Gasteiger partial charge is 0.0328 e. The summed E-state index contributed by atoms with van der Waals surface area (Å²) < 4.78 is 0. The van der Waals surface area contributed by atoms with E-state index in [-0.39, 0.29) is 0 Å². The summed E-state index contributed by atoms with van der Waals surface area (Å²) in [4.78, 5) is 4.02. The van der Waals surface area contributed by atoms with Crippen LogP contribution in [0.25, 0.3) is 0 Å². The summed E-state index contributed by atoms with van der Waals surface area (Å²) in [5, 5.41) is 5.94. The first-order valence-electron chi connectivity index (χ1n) is 7.86. The first-order chi connectivity index (χ1) is 9.38. The van der Waals surface area contributed by atoms with Gasteiger partial charge in [-0.15, -0.1) is 11.3 Å². The van der Waals surface area contributed by atoms with Crippen LogP contribution in [0.15, 0.2) is 17.5 Å². The zero-order chi connectivity index (χ0) is 13.3. The number of rotatable bonds is 7. The van der Waals surface area contributed by atoms with Gasteiger partial charge in [0.15, 0.2) is 0 Å². The Morgan fingerprint density at radius 1 is 1.26 bits per heavy atom. The van der Waals surface area contributed by atoms with Crippen LogP contribution < -0.4 is 5.32 Å². The van der Waals surface area contributed by atoms with Gasteiger partial charge in [-0.25, -0.2) is 0 Å². The van der Waals surface area contributed by atoms with Crippen molar-refractivity contribution in [2.24, 2.45) is 0 Å². The van der Waals surface area contributed by atoms with Crippen molar-refractivity contribution in [1.29, 1.82) is 0 Å². The van der Waals surface area contributed by atoms with Crippen molar-refractivity contribution in [1.82, 2.24) is 10.2 Å². The van der Waals surface area contributed by atoms with Gasteiger partial charge in [-0.1, -0.05) is 38.7 Å². The molecule has 0 aliphatic heterocycles. The Hall–Kier alpha value is -0.380. The maximum absolute atomic E-state index is 3.77. The molecular weight excluding hydrogens is 252 g/mol. The summed E-state index contributed by atoms with van der Waals surface area (Å²) in [5.74, 6) is 0. The maximum atomic E-state index is 3.77. The fourth-order valence-corrected chi connectivity index (χ4v) is 3.63. The van der Waals surface area contributed by atoms with Gasteiger partial charge in [-0.3, -0.25) is 4.90 Å². The lowest BCUT2D eigenvalue weighted by Crippen LogP contribution is -2.36. The quantitative estimate of drug-likeness (QED) is 0.762. The van der Waals surface area contributed by atoms with Crippen LogP contribution in [0.1, 0.15) is 50.3 Å². The minimum atomic E-state index is 0.781. The van der Waals surface area contributed by atoms with E-state index in [0.29, 0.717) is 0 Å². The van der Waals surface area contributed by atoms with Gasteiger partial charge in [0.2, 0.25) is 0 Å². The van der Waals surface area contributed by atoms with Crippen LogP contribution in [0, 0.1) is 0 Å². The highest BCUT2D eigenvalue weighted by molar-refractivity contribution is 7.09. The fraction of sp³-hybridized carbons (Fsp3) is 0.750. The molecule has 108 valence electrons. The molecule has 19 heavy (non-hydrogen) atoms. The van der Waals surface area contributed by atoms with Crippen LogP contribution >= 0.6 is 11.3 Å². The summed E-state index contributed by atoms with van der Waals surface area (Å²) in [6.45, 7) is 6.83. The van der Waals surface area contributed by atoms with Crippen molar-refractivity contribution in [2.45, 2.75) is 58.0 Å². The summed E-state index contributed by atoms with van der Waals surface area (Å²) in [5.41, 5.74) is 0. The molecule has 1 aromatic rings. The Bertz CT molecular complexity index is 315. The predicted molar refractivity (Wildman–Crippen MR) is 84.8 cm³/mol. The van der Waals surface area contributed by atoms with Crippen LogP contribution in [0.5, 0.6) is 0 Å². The summed E-state index contributed by atoms with van der Waals surface area (Å²) in [6.07, 6.45) is 8.50. The minimum Gasteiger partial charge on any atom is -0.313 e. The Morgan fingerprint density at radius 3 is 2.68 bits per heavy atom. The molecule has 0 spiro atoms. The van der Waals surface area contributed by atoms with E-state index in [1.807, 2.05) is 11.3 Å². The number of hydrogen-bond acceptors (Lipinski definition) is 3. The molecule has 0 atom stereocenters. The van der Waals surface area contributed by atoms with Gasteiger partial charge in [-0.05, 0) is 30.8 Å². The third kappa shape index (κ3) is 5.64. The first kappa shape index (κ1) is 15.0. The second-order valence-corrected chi connectivity index (χ2v) is 6.62. The van der Waals surface area contributed by atoms with Crippen molar-refractivity contribution in [3.63, 3.8) is 0 Å². The Morgan fingerprint density at radius 2 is 2.05 bits per heavy atom. The van der Waals surface area contributed by atoms with Crippen LogP contribution in [0.2, 0.25) is 0 Å². The number of hydrogen-bond donors (Lipinski definition) is 1. The van der Waals surface area contributed by atoms with E-state index >= 15 is 0 Å². The molecule has 1 aliphatic carbocycles. The molecule has 0 unspecified atom stereocenters. The molecule has 2 rings (SSSR count). The molecule has 1 aliphatic rings. The normalized spacial score (nSPS) is 17.8. The van der Waals surface area contributed by atoms with E-state index in [1.54, 1.807) is 0 Å². The molecule has 2 nitrogen and oxygen atoms in total. The SMILES string of the molecule is CCN(CCNC1CCCCCC1)Cc1cccs1. The van der Waals surface area contributed by atoms with Gasteiger partial charge < -0.3 is 5.32 Å². The second-order valence-electron chi connectivity index (χ2n) is 5.59. The van der Waals surface area contributed by atoms with Crippen molar-refractivity contribution in [3.8, 4) is 0 Å². The van der Waals surface area contributed by atoms with Gasteiger partial charge >= 0.3 is 0 Å². The zero-order valence-corrected chi connectivity index (χ0v) is 13.1. The molecule has 0 saturated heterocycles. The average Bonchev–Trinajstić information content (AvgIpc) is 2.80. The third-order valence-corrected chi connectivity index (χ3v) is 4.98. The van der Waals surface area contributed by atoms with Gasteiger partial charge in [-0.2, -0.15) is 0 Å². The second kappa shape index (κ2) is 8.72. The Balaban J connectivity index is 1.65. The first-order valence-corrected chi connectivity index (χ1v) is 8.74. The lowest BCUT2D eigenvalue weighted by atomic mass is 10.1. The molecule has 0 aromatic carbocycles. The highest BCUT2D eigenvalue weighted by Crippen LogP contribution is 2.17. The van der Waals surface area contributed by atoms with E-state index in [9.17, 15) is 0 Å². The molecule has 0 bridgehead atoms. The molecule has 1 N–H and O–H groups in total. The zero-order valence-electron chi connectivity index (χ0n) is 12.2. The number of nitrogens with zero attached hydrogens (tertiary/aromatic N) is 1. The third-order valence-electron chi connectivity index (χ3n) is 4.12. The molecule has 0 amide bonds. The fourth-order valence-electron chi connectivity index (χ4n) is 2.88. The van der Waals surface area contributed by atoms with Gasteiger partial charge in [0, 0.05) is 30.6 Å². The largest absolute Gasteiger partial charge is 0.313 e. The van der Waals surface area contributed by atoms with Crippen LogP contribution in [-0.4, -0.2) is 30.6 Å². The molecule has 3 heteroatoms. The predicted octanol–water partition coefficient (Wildman–Crippen LogP) is 3.88. The number of thiophene rings is 1. The van der Waals surface area contributed by atoms with Crippen LogP contribution in [0.4, 0.5) is 0 Å². The highest BCUT2D eigenvalue weighted by Gasteiger charge is 2.11. The summed E-state index contributed by atoms with van der Waals surface area (Å²) in [7, 11) is 0. The number of likely N-dealkylation sites (N-methyl/N-ethyl adjacent to an activating group) is 1. The summed E-state index contributed by atoms with van der Waals surface area (Å²) >= 11 is 1.87. The van der Waals surface area contributed by atoms with E-state index in [0.717, 1.165) is 25.7 Å². The standard InChI is InChI=1S/C16H28N2S/c1-2-18(14-16-10-7-13-19-16)12-11-17-15-8-5-3-4-6-9-15/h7,10,13,15,17H,2-6,8-9,11-12,14H2,1H3. The Labute approximate surface area is 122 Å². The average molecular weight is 280 g/mol. The summed E-state index contributed by atoms with van der Waals surface area (Å²) in [6, 6.07) is 5.17. The monoisotopic (exact) mass is 280 g/mol. The van der Waals surface area contributed by atoms with E-state index in [4.69, 9.17) is 0 Å². The Kier molecular flexibility index (Phi) is 6.90. The van der Waals surface area contributed by atoms with Crippen LogP contribution in [0.3, 0.4) is 0 Å². The molecule has 1 aromatic heterocycles. The van der Waals surface area contributed by atoms with Crippen LogP contribution in [-0.2, 0) is 6.54 Å². The topological polar surface area (TPSA) is 15.3 Å². The van der Waals surface area contributed by atoms with Crippen molar-refractivity contribution in [3.05, 3.63) is 22.4 Å². The lowest BCUT2D eigenvalue weighted by Gasteiger charge is -2.22. The van der Waals surface area contributed by atoms with Crippen molar-refractivity contribution in [2.75, 3.05) is 19.6 Å². The molecule has 0 radical (unpaired) electrons. The lowest BCUT2D eigenvalue weighted by molar-refractivity contribution is 0.273. The highest BCUT2D eigenvalue weighted by atomic mass is 32.1. The van der Waals surface area contributed by atoms with Crippen molar-refractivity contribution >= 4 is 11.3 Å². The van der Waals surface area contributed by atoms with E-state index in [2.05, 4.69) is 34.7 Å². The molecule has 1 heterocycles. The van der Waals surface area contributed by atoms with E-state index < -0.39 is 0 Å². The molecular formula is C16H28N2S. The maximum Gasteiger partial charge on any atom is 0.0328 e. The van der Waals surface area contributed by atoms with Crippen molar-refractivity contribution < 1.29 is 0 Å². The molecule has 1 saturated carbocycles. The minimum absolute atomic E-state index is 0.781. The van der Waals surface area contributed by atoms with Gasteiger partial charge in [0.1, 0.15) is 0 Å². The molecule has 1 fully saturated rings. The number of nitrogens with one attached hydrogen (secondary N) is 1.